The number of fused-ring (bicyclic) bond motifs is 1. The maximum atomic E-state index is 12.7. The van der Waals surface area contributed by atoms with Gasteiger partial charge in [-0.3, -0.25) is 9.69 Å². The standard InChI is InChI=1S/C21H31N3O4/c1-15(17-8-7-16-5-3-4-6-18(16)11-17)22-21(27)24-9-10-28-19(13-24)12-23(2)14-20(25)26/h7-8,11,15,19H,3-6,9-10,12-14H2,1-2H3,(H,22,27)(H,25,26). The van der Waals surface area contributed by atoms with Gasteiger partial charge in [-0.1, -0.05) is 18.2 Å². The van der Waals surface area contributed by atoms with E-state index >= 15 is 0 Å². The molecule has 0 saturated carbocycles. The summed E-state index contributed by atoms with van der Waals surface area (Å²) in [5.41, 5.74) is 3.99. The molecule has 1 aromatic carbocycles. The van der Waals surface area contributed by atoms with Gasteiger partial charge in [-0.15, -0.1) is 0 Å². The summed E-state index contributed by atoms with van der Waals surface area (Å²) in [6.45, 7) is 3.93. The molecule has 28 heavy (non-hydrogen) atoms. The lowest BCUT2D eigenvalue weighted by Crippen LogP contribution is -2.52. The number of nitrogens with zero attached hydrogens (tertiary/aromatic N) is 2. The van der Waals surface area contributed by atoms with Crippen LogP contribution in [0.1, 0.15) is 42.5 Å². The Hall–Kier alpha value is -2.12. The molecule has 0 radical (unpaired) electrons. The molecule has 0 bridgehead atoms. The quantitative estimate of drug-likeness (QED) is 0.778. The summed E-state index contributed by atoms with van der Waals surface area (Å²) in [4.78, 5) is 27.0. The summed E-state index contributed by atoms with van der Waals surface area (Å²) >= 11 is 0. The van der Waals surface area contributed by atoms with Crippen LogP contribution in [0, 0.1) is 0 Å². The number of aryl methyl sites for hydroxylation is 2. The third kappa shape index (κ3) is 5.45. The van der Waals surface area contributed by atoms with E-state index in [9.17, 15) is 9.59 Å². The summed E-state index contributed by atoms with van der Waals surface area (Å²) in [5, 5.41) is 12.0. The average molecular weight is 389 g/mol. The molecule has 2 atom stereocenters. The van der Waals surface area contributed by atoms with Crippen LogP contribution in [0.15, 0.2) is 18.2 Å². The van der Waals surface area contributed by atoms with E-state index in [2.05, 4.69) is 23.5 Å². The van der Waals surface area contributed by atoms with Crippen molar-refractivity contribution in [2.45, 2.75) is 44.8 Å². The van der Waals surface area contributed by atoms with E-state index in [1.807, 2.05) is 6.92 Å². The number of rotatable bonds is 6. The molecule has 1 aromatic rings. The number of carbonyl (C=O) groups is 2. The lowest BCUT2D eigenvalue weighted by molar-refractivity contribution is -0.138. The predicted molar refractivity (Wildman–Crippen MR) is 106 cm³/mol. The number of urea groups is 1. The minimum atomic E-state index is -0.869. The molecule has 3 rings (SSSR count). The second kappa shape index (κ2) is 9.39. The maximum Gasteiger partial charge on any atom is 0.318 e. The van der Waals surface area contributed by atoms with Crippen LogP contribution in [0.25, 0.3) is 0 Å². The SMILES string of the molecule is CC(NC(=O)N1CCOC(CN(C)CC(=O)O)C1)c1ccc2c(c1)CCCC2. The van der Waals surface area contributed by atoms with Gasteiger partial charge in [0.05, 0.1) is 25.3 Å². The van der Waals surface area contributed by atoms with E-state index in [0.717, 1.165) is 18.4 Å². The zero-order valence-electron chi connectivity index (χ0n) is 16.8. The zero-order valence-corrected chi connectivity index (χ0v) is 16.8. The molecular weight excluding hydrogens is 358 g/mol. The van der Waals surface area contributed by atoms with Gasteiger partial charge >= 0.3 is 12.0 Å². The number of ether oxygens (including phenoxy) is 1. The zero-order chi connectivity index (χ0) is 20.1. The van der Waals surface area contributed by atoms with Crippen molar-refractivity contribution in [1.82, 2.24) is 15.1 Å². The molecule has 2 N–H and O–H groups in total. The second-order valence-electron chi connectivity index (χ2n) is 7.94. The van der Waals surface area contributed by atoms with Crippen molar-refractivity contribution in [2.75, 3.05) is 39.8 Å². The number of likely N-dealkylation sites (N-methyl/N-ethyl adjacent to an activating group) is 1. The highest BCUT2D eigenvalue weighted by molar-refractivity contribution is 5.75. The van der Waals surface area contributed by atoms with E-state index in [1.54, 1.807) is 16.8 Å². The van der Waals surface area contributed by atoms with E-state index in [0.29, 0.717) is 26.2 Å². The molecule has 2 amide bonds. The van der Waals surface area contributed by atoms with Gasteiger partial charge in [0.15, 0.2) is 0 Å². The molecule has 154 valence electrons. The Bertz CT molecular complexity index is 709. The Labute approximate surface area is 166 Å². The van der Waals surface area contributed by atoms with Gasteiger partial charge in [0.2, 0.25) is 0 Å². The molecule has 7 nitrogen and oxygen atoms in total. The molecule has 1 aliphatic carbocycles. The average Bonchev–Trinajstić information content (AvgIpc) is 2.67. The van der Waals surface area contributed by atoms with E-state index in [1.165, 1.54) is 24.0 Å². The van der Waals surface area contributed by atoms with Crippen molar-refractivity contribution >= 4 is 12.0 Å². The van der Waals surface area contributed by atoms with Crippen LogP contribution < -0.4 is 5.32 Å². The van der Waals surface area contributed by atoms with Crippen LogP contribution in [0.5, 0.6) is 0 Å². The first-order chi connectivity index (χ1) is 13.4. The largest absolute Gasteiger partial charge is 0.480 e. The highest BCUT2D eigenvalue weighted by atomic mass is 16.5. The fourth-order valence-electron chi connectivity index (χ4n) is 4.04. The molecule has 0 aromatic heterocycles. The minimum absolute atomic E-state index is 0.0403. The number of carboxylic acids is 1. The van der Waals surface area contributed by atoms with Gasteiger partial charge in [-0.2, -0.15) is 0 Å². The number of benzene rings is 1. The predicted octanol–water partition coefficient (Wildman–Crippen LogP) is 2.05. The van der Waals surface area contributed by atoms with Crippen LogP contribution in [-0.2, 0) is 22.4 Å². The third-order valence-corrected chi connectivity index (χ3v) is 5.56. The number of aliphatic carboxylic acids is 1. The summed E-state index contributed by atoms with van der Waals surface area (Å²) in [7, 11) is 1.74. The molecule has 1 aliphatic heterocycles. The van der Waals surface area contributed by atoms with Crippen molar-refractivity contribution < 1.29 is 19.4 Å². The number of carbonyl (C=O) groups excluding carboxylic acids is 1. The van der Waals surface area contributed by atoms with Crippen LogP contribution in [0.2, 0.25) is 0 Å². The van der Waals surface area contributed by atoms with Crippen molar-refractivity contribution in [2.24, 2.45) is 0 Å². The molecule has 7 heteroatoms. The number of nitrogens with one attached hydrogen (secondary N) is 1. The lowest BCUT2D eigenvalue weighted by atomic mass is 9.89. The smallest absolute Gasteiger partial charge is 0.318 e. The number of hydrogen-bond acceptors (Lipinski definition) is 4. The Morgan fingerprint density at radius 1 is 1.32 bits per heavy atom. The molecular formula is C21H31N3O4. The van der Waals surface area contributed by atoms with Gasteiger partial charge in [0.1, 0.15) is 0 Å². The summed E-state index contributed by atoms with van der Waals surface area (Å²) in [5.74, 6) is -0.869. The highest BCUT2D eigenvalue weighted by Gasteiger charge is 2.26. The van der Waals surface area contributed by atoms with Crippen molar-refractivity contribution in [3.63, 3.8) is 0 Å². The van der Waals surface area contributed by atoms with E-state index < -0.39 is 5.97 Å². The van der Waals surface area contributed by atoms with Crippen molar-refractivity contribution in [1.29, 1.82) is 0 Å². The highest BCUT2D eigenvalue weighted by Crippen LogP contribution is 2.25. The second-order valence-corrected chi connectivity index (χ2v) is 7.94. The first kappa shape index (κ1) is 20.6. The van der Waals surface area contributed by atoms with Crippen LogP contribution >= 0.6 is 0 Å². The monoisotopic (exact) mass is 389 g/mol. The summed E-state index contributed by atoms with van der Waals surface area (Å²) in [6.07, 6.45) is 4.60. The molecule has 2 aliphatic rings. The molecule has 1 saturated heterocycles. The fourth-order valence-corrected chi connectivity index (χ4v) is 4.04. The fraction of sp³-hybridized carbons (Fsp3) is 0.619. The Balaban J connectivity index is 1.54. The molecule has 0 spiro atoms. The van der Waals surface area contributed by atoms with Crippen molar-refractivity contribution in [3.05, 3.63) is 34.9 Å². The number of amides is 2. The molecule has 2 unspecified atom stereocenters. The molecule has 1 fully saturated rings. The van der Waals surface area contributed by atoms with Gasteiger partial charge in [0, 0.05) is 19.6 Å². The summed E-state index contributed by atoms with van der Waals surface area (Å²) < 4.78 is 5.71. The number of hydrogen-bond donors (Lipinski definition) is 2. The minimum Gasteiger partial charge on any atom is -0.480 e. The third-order valence-electron chi connectivity index (χ3n) is 5.56. The van der Waals surface area contributed by atoms with Gasteiger partial charge in [0.25, 0.3) is 0 Å². The van der Waals surface area contributed by atoms with Crippen LogP contribution in [0.3, 0.4) is 0 Å². The first-order valence-electron chi connectivity index (χ1n) is 10.1. The van der Waals surface area contributed by atoms with Crippen LogP contribution in [0.4, 0.5) is 4.79 Å². The summed E-state index contributed by atoms with van der Waals surface area (Å²) in [6, 6.07) is 6.41. The van der Waals surface area contributed by atoms with Gasteiger partial charge in [-0.05, 0) is 56.3 Å². The molecule has 1 heterocycles. The Morgan fingerprint density at radius 3 is 2.82 bits per heavy atom. The topological polar surface area (TPSA) is 82.1 Å². The number of morpholine rings is 1. The van der Waals surface area contributed by atoms with Crippen LogP contribution in [-0.4, -0.2) is 72.8 Å². The number of carboxylic acid groups (broad SMARTS) is 1. The van der Waals surface area contributed by atoms with Gasteiger partial charge < -0.3 is 20.1 Å². The maximum absolute atomic E-state index is 12.7. The van der Waals surface area contributed by atoms with Gasteiger partial charge in [-0.25, -0.2) is 4.79 Å². The lowest BCUT2D eigenvalue weighted by Gasteiger charge is -2.35. The van der Waals surface area contributed by atoms with E-state index in [-0.39, 0.29) is 24.7 Å². The Kier molecular flexibility index (Phi) is 6.91. The van der Waals surface area contributed by atoms with E-state index in [4.69, 9.17) is 9.84 Å². The normalized spacial score (nSPS) is 20.5. The first-order valence-corrected chi connectivity index (χ1v) is 10.1. The van der Waals surface area contributed by atoms with Crippen molar-refractivity contribution in [3.8, 4) is 0 Å². The Morgan fingerprint density at radius 2 is 2.07 bits per heavy atom.